The zero-order valence-electron chi connectivity index (χ0n) is 13.2. The molecule has 0 amide bonds. The van der Waals surface area contributed by atoms with Crippen LogP contribution >= 0.6 is 0 Å². The third-order valence-electron chi connectivity index (χ3n) is 4.18. The van der Waals surface area contributed by atoms with Gasteiger partial charge in [0.1, 0.15) is 17.2 Å². The molecule has 1 heterocycles. The Morgan fingerprint density at radius 2 is 1.55 bits per heavy atom. The molecule has 0 aliphatic carbocycles. The second-order valence-electron chi connectivity index (χ2n) is 5.27. The summed E-state index contributed by atoms with van der Waals surface area (Å²) >= 11 is 0. The van der Waals surface area contributed by atoms with E-state index in [4.69, 9.17) is 14.2 Å². The maximum absolute atomic E-state index is 5.59. The van der Waals surface area contributed by atoms with Gasteiger partial charge in [0.25, 0.3) is 0 Å². The van der Waals surface area contributed by atoms with Crippen molar-refractivity contribution in [1.29, 1.82) is 0 Å². The summed E-state index contributed by atoms with van der Waals surface area (Å²) in [5, 5.41) is 3.58. The molecule has 1 aliphatic heterocycles. The van der Waals surface area contributed by atoms with Gasteiger partial charge in [-0.3, -0.25) is 0 Å². The summed E-state index contributed by atoms with van der Waals surface area (Å²) in [4.78, 5) is 0. The molecule has 0 radical (unpaired) electrons. The lowest BCUT2D eigenvalue weighted by Gasteiger charge is -2.30. The van der Waals surface area contributed by atoms with Gasteiger partial charge in [0, 0.05) is 17.7 Å². The SMILES string of the molecule is COc1ccc(C2NCCc3c(OC)ccc(OC)c32)cc1. The van der Waals surface area contributed by atoms with Gasteiger partial charge < -0.3 is 19.5 Å². The summed E-state index contributed by atoms with van der Waals surface area (Å²) < 4.78 is 16.4. The fraction of sp³-hybridized carbons (Fsp3) is 0.333. The molecule has 1 atom stereocenters. The Bertz CT molecular complexity index is 652. The summed E-state index contributed by atoms with van der Waals surface area (Å²) in [6.07, 6.45) is 0.933. The zero-order valence-corrected chi connectivity index (χ0v) is 13.2. The Kier molecular flexibility index (Phi) is 4.20. The fourth-order valence-electron chi connectivity index (χ4n) is 3.09. The van der Waals surface area contributed by atoms with Gasteiger partial charge in [0.05, 0.1) is 27.4 Å². The smallest absolute Gasteiger partial charge is 0.124 e. The molecule has 4 nitrogen and oxygen atoms in total. The van der Waals surface area contributed by atoms with E-state index in [1.807, 2.05) is 24.3 Å². The van der Waals surface area contributed by atoms with Crippen molar-refractivity contribution >= 4 is 0 Å². The van der Waals surface area contributed by atoms with E-state index in [1.165, 1.54) is 16.7 Å². The molecule has 1 unspecified atom stereocenters. The van der Waals surface area contributed by atoms with E-state index in [0.29, 0.717) is 0 Å². The number of benzene rings is 2. The zero-order chi connectivity index (χ0) is 15.5. The molecule has 0 fully saturated rings. The number of ether oxygens (including phenoxy) is 3. The Labute approximate surface area is 131 Å². The van der Waals surface area contributed by atoms with Gasteiger partial charge in [-0.2, -0.15) is 0 Å². The van der Waals surface area contributed by atoms with E-state index in [0.717, 1.165) is 30.2 Å². The highest BCUT2D eigenvalue weighted by Crippen LogP contribution is 2.40. The molecular formula is C18H21NO3. The number of hydrogen-bond donors (Lipinski definition) is 1. The molecule has 0 spiro atoms. The first-order valence-corrected chi connectivity index (χ1v) is 7.39. The van der Waals surface area contributed by atoms with E-state index in [1.54, 1.807) is 21.3 Å². The molecule has 1 aliphatic rings. The molecule has 3 rings (SSSR count). The molecule has 0 aromatic heterocycles. The highest BCUT2D eigenvalue weighted by molar-refractivity contribution is 5.54. The Morgan fingerprint density at radius 1 is 0.864 bits per heavy atom. The number of hydrogen-bond acceptors (Lipinski definition) is 4. The quantitative estimate of drug-likeness (QED) is 0.942. The lowest BCUT2D eigenvalue weighted by Crippen LogP contribution is -2.31. The molecule has 0 saturated carbocycles. The summed E-state index contributed by atoms with van der Waals surface area (Å²) in [7, 11) is 5.10. The van der Waals surface area contributed by atoms with Gasteiger partial charge in [-0.1, -0.05) is 12.1 Å². The summed E-state index contributed by atoms with van der Waals surface area (Å²) in [5.74, 6) is 2.68. The van der Waals surface area contributed by atoms with Crippen LogP contribution in [0, 0.1) is 0 Å². The lowest BCUT2D eigenvalue weighted by molar-refractivity contribution is 0.382. The van der Waals surface area contributed by atoms with Crippen LogP contribution in [0.3, 0.4) is 0 Å². The maximum Gasteiger partial charge on any atom is 0.124 e. The lowest BCUT2D eigenvalue weighted by atomic mass is 9.88. The first-order chi connectivity index (χ1) is 10.8. The molecule has 1 N–H and O–H groups in total. The van der Waals surface area contributed by atoms with E-state index < -0.39 is 0 Å². The van der Waals surface area contributed by atoms with E-state index in [9.17, 15) is 0 Å². The first kappa shape index (κ1) is 14.7. The van der Waals surface area contributed by atoms with Crippen LogP contribution in [-0.2, 0) is 6.42 Å². The minimum absolute atomic E-state index is 0.0970. The molecule has 2 aromatic rings. The van der Waals surface area contributed by atoms with Gasteiger partial charge in [-0.25, -0.2) is 0 Å². The van der Waals surface area contributed by atoms with E-state index in [-0.39, 0.29) is 6.04 Å². The van der Waals surface area contributed by atoms with Gasteiger partial charge in [0.15, 0.2) is 0 Å². The minimum atomic E-state index is 0.0970. The monoisotopic (exact) mass is 299 g/mol. The van der Waals surface area contributed by atoms with Crippen molar-refractivity contribution in [2.75, 3.05) is 27.9 Å². The van der Waals surface area contributed by atoms with Crippen LogP contribution in [0.5, 0.6) is 17.2 Å². The topological polar surface area (TPSA) is 39.7 Å². The predicted octanol–water partition coefficient (Wildman–Crippen LogP) is 2.95. The molecule has 0 bridgehead atoms. The predicted molar refractivity (Wildman–Crippen MR) is 86.1 cm³/mol. The third-order valence-corrected chi connectivity index (χ3v) is 4.18. The number of fused-ring (bicyclic) bond motifs is 1. The Hall–Kier alpha value is -2.20. The van der Waals surface area contributed by atoms with Crippen molar-refractivity contribution in [1.82, 2.24) is 5.32 Å². The molecule has 4 heteroatoms. The van der Waals surface area contributed by atoms with Crippen molar-refractivity contribution in [2.24, 2.45) is 0 Å². The molecule has 0 saturated heterocycles. The summed E-state index contributed by atoms with van der Waals surface area (Å²) in [6, 6.07) is 12.2. The van der Waals surface area contributed by atoms with Gasteiger partial charge in [-0.15, -0.1) is 0 Å². The van der Waals surface area contributed by atoms with Crippen LogP contribution in [0.2, 0.25) is 0 Å². The summed E-state index contributed by atoms with van der Waals surface area (Å²) in [6.45, 7) is 0.910. The first-order valence-electron chi connectivity index (χ1n) is 7.39. The van der Waals surface area contributed by atoms with Gasteiger partial charge >= 0.3 is 0 Å². The molecule has 2 aromatic carbocycles. The van der Waals surface area contributed by atoms with Crippen molar-refractivity contribution < 1.29 is 14.2 Å². The van der Waals surface area contributed by atoms with Gasteiger partial charge in [0.2, 0.25) is 0 Å². The molecule has 22 heavy (non-hydrogen) atoms. The van der Waals surface area contributed by atoms with E-state index in [2.05, 4.69) is 17.4 Å². The average Bonchev–Trinajstić information content (AvgIpc) is 2.60. The maximum atomic E-state index is 5.59. The minimum Gasteiger partial charge on any atom is -0.497 e. The second kappa shape index (κ2) is 6.28. The largest absolute Gasteiger partial charge is 0.497 e. The summed E-state index contributed by atoms with van der Waals surface area (Å²) in [5.41, 5.74) is 3.58. The number of nitrogens with one attached hydrogen (secondary N) is 1. The normalized spacial score (nSPS) is 16.8. The van der Waals surface area contributed by atoms with E-state index >= 15 is 0 Å². The van der Waals surface area contributed by atoms with Gasteiger partial charge in [-0.05, 0) is 36.2 Å². The van der Waals surface area contributed by atoms with Crippen LogP contribution < -0.4 is 19.5 Å². The average molecular weight is 299 g/mol. The van der Waals surface area contributed by atoms with Crippen molar-refractivity contribution in [2.45, 2.75) is 12.5 Å². The van der Waals surface area contributed by atoms with Crippen LogP contribution in [-0.4, -0.2) is 27.9 Å². The number of rotatable bonds is 4. The molecule has 116 valence electrons. The third kappa shape index (κ3) is 2.50. The van der Waals surface area contributed by atoms with Crippen molar-refractivity contribution in [3.8, 4) is 17.2 Å². The van der Waals surface area contributed by atoms with Crippen molar-refractivity contribution in [3.05, 3.63) is 53.1 Å². The fourth-order valence-corrected chi connectivity index (χ4v) is 3.09. The van der Waals surface area contributed by atoms with Crippen LogP contribution in [0.15, 0.2) is 36.4 Å². The van der Waals surface area contributed by atoms with Crippen LogP contribution in [0.4, 0.5) is 0 Å². The Balaban J connectivity index is 2.09. The highest BCUT2D eigenvalue weighted by Gasteiger charge is 2.27. The van der Waals surface area contributed by atoms with Crippen LogP contribution in [0.25, 0.3) is 0 Å². The van der Waals surface area contributed by atoms with Crippen molar-refractivity contribution in [3.63, 3.8) is 0 Å². The molecular weight excluding hydrogens is 278 g/mol. The Morgan fingerprint density at radius 3 is 2.18 bits per heavy atom. The number of methoxy groups -OCH3 is 3. The van der Waals surface area contributed by atoms with Crippen LogP contribution in [0.1, 0.15) is 22.7 Å². The highest BCUT2D eigenvalue weighted by atomic mass is 16.5. The second-order valence-corrected chi connectivity index (χ2v) is 5.27. The standard InChI is InChI=1S/C18H21NO3/c1-20-13-6-4-12(5-7-13)18-17-14(10-11-19-18)15(21-2)8-9-16(17)22-3/h4-9,18-19H,10-11H2,1-3H3.